The van der Waals surface area contributed by atoms with Gasteiger partial charge < -0.3 is 5.11 Å². The zero-order chi connectivity index (χ0) is 11.1. The Morgan fingerprint density at radius 1 is 1.33 bits per heavy atom. The summed E-state index contributed by atoms with van der Waals surface area (Å²) in [6.45, 7) is 4.28. The van der Waals surface area contributed by atoms with Gasteiger partial charge in [-0.3, -0.25) is 4.79 Å². The quantitative estimate of drug-likeness (QED) is 0.822. The van der Waals surface area contributed by atoms with Crippen molar-refractivity contribution < 1.29 is 9.90 Å². The zero-order valence-electron chi connectivity index (χ0n) is 9.16. The first-order valence-corrected chi connectivity index (χ1v) is 5.25. The van der Waals surface area contributed by atoms with Gasteiger partial charge in [0, 0.05) is 5.41 Å². The maximum absolute atomic E-state index is 10.9. The Bertz CT molecular complexity index is 381. The summed E-state index contributed by atoms with van der Waals surface area (Å²) in [7, 11) is 0. The predicted molar refractivity (Wildman–Crippen MR) is 58.8 cm³/mol. The highest BCUT2D eigenvalue weighted by Crippen LogP contribution is 2.66. The van der Waals surface area contributed by atoms with Crippen LogP contribution in [0.4, 0.5) is 0 Å². The number of carboxylic acids is 1. The Morgan fingerprint density at radius 3 is 2.27 bits per heavy atom. The van der Waals surface area contributed by atoms with Gasteiger partial charge in [-0.1, -0.05) is 44.2 Å². The molecule has 1 aliphatic carbocycles. The summed E-state index contributed by atoms with van der Waals surface area (Å²) in [4.78, 5) is 10.9. The molecule has 2 rings (SSSR count). The average Bonchev–Trinajstić information content (AvgIpc) is 2.70. The fourth-order valence-electron chi connectivity index (χ4n) is 2.62. The van der Waals surface area contributed by atoms with Crippen molar-refractivity contribution in [2.45, 2.75) is 32.1 Å². The maximum Gasteiger partial charge on any atom is 0.304 e. The second kappa shape index (κ2) is 3.09. The number of hydrogen-bond acceptors (Lipinski definition) is 1. The molecule has 1 aromatic carbocycles. The van der Waals surface area contributed by atoms with Gasteiger partial charge in [-0.25, -0.2) is 0 Å². The van der Waals surface area contributed by atoms with E-state index in [0.717, 1.165) is 12.0 Å². The molecule has 1 aromatic rings. The third kappa shape index (κ3) is 1.54. The molecule has 0 bridgehead atoms. The Kier molecular flexibility index (Phi) is 2.10. The van der Waals surface area contributed by atoms with Gasteiger partial charge >= 0.3 is 5.97 Å². The van der Waals surface area contributed by atoms with Crippen molar-refractivity contribution >= 4 is 5.97 Å². The van der Waals surface area contributed by atoms with Crippen molar-refractivity contribution in [1.82, 2.24) is 0 Å². The molecule has 1 N–H and O–H groups in total. The first-order valence-electron chi connectivity index (χ1n) is 5.25. The molecule has 15 heavy (non-hydrogen) atoms. The van der Waals surface area contributed by atoms with Gasteiger partial charge in [0.2, 0.25) is 0 Å². The molecular weight excluding hydrogens is 188 g/mol. The van der Waals surface area contributed by atoms with Crippen LogP contribution in [0, 0.1) is 5.41 Å². The van der Waals surface area contributed by atoms with E-state index >= 15 is 0 Å². The van der Waals surface area contributed by atoms with E-state index < -0.39 is 5.97 Å². The number of benzene rings is 1. The van der Waals surface area contributed by atoms with E-state index in [4.69, 9.17) is 5.11 Å². The molecule has 0 saturated heterocycles. The molecular formula is C13H16O2. The Balaban J connectivity index is 2.35. The minimum absolute atomic E-state index is 0.118. The third-order valence-corrected chi connectivity index (χ3v) is 3.69. The largest absolute Gasteiger partial charge is 0.481 e. The fourth-order valence-corrected chi connectivity index (χ4v) is 2.62. The van der Waals surface area contributed by atoms with Crippen LogP contribution in [-0.2, 0) is 10.2 Å². The fraction of sp³-hybridized carbons (Fsp3) is 0.462. The molecule has 80 valence electrons. The minimum Gasteiger partial charge on any atom is -0.481 e. The molecule has 0 aromatic heterocycles. The van der Waals surface area contributed by atoms with Crippen LogP contribution in [0.5, 0.6) is 0 Å². The van der Waals surface area contributed by atoms with Crippen molar-refractivity contribution in [3.63, 3.8) is 0 Å². The van der Waals surface area contributed by atoms with Crippen LogP contribution < -0.4 is 0 Å². The average molecular weight is 204 g/mol. The van der Waals surface area contributed by atoms with Gasteiger partial charge in [0.15, 0.2) is 0 Å². The molecule has 0 amide bonds. The van der Waals surface area contributed by atoms with E-state index in [1.54, 1.807) is 0 Å². The molecule has 2 heteroatoms. The Hall–Kier alpha value is -1.31. The normalized spacial score (nSPS) is 27.3. The van der Waals surface area contributed by atoms with Gasteiger partial charge in [-0.05, 0) is 17.4 Å². The molecule has 2 nitrogen and oxygen atoms in total. The molecule has 1 aliphatic rings. The maximum atomic E-state index is 10.9. The van der Waals surface area contributed by atoms with Crippen LogP contribution in [0.15, 0.2) is 30.3 Å². The Morgan fingerprint density at radius 2 is 1.87 bits per heavy atom. The lowest BCUT2D eigenvalue weighted by atomic mass is 9.85. The van der Waals surface area contributed by atoms with Gasteiger partial charge in [0.1, 0.15) is 0 Å². The molecule has 1 fully saturated rings. The van der Waals surface area contributed by atoms with Crippen molar-refractivity contribution in [1.29, 1.82) is 0 Å². The SMILES string of the molecule is CC1(C)CC1(CC(=O)O)c1ccccc1. The number of carbonyl (C=O) groups is 1. The van der Waals surface area contributed by atoms with E-state index in [9.17, 15) is 4.79 Å². The minimum atomic E-state index is -0.704. The van der Waals surface area contributed by atoms with Crippen molar-refractivity contribution in [2.75, 3.05) is 0 Å². The van der Waals surface area contributed by atoms with E-state index in [2.05, 4.69) is 13.8 Å². The molecule has 0 heterocycles. The highest BCUT2D eigenvalue weighted by Gasteiger charge is 2.62. The summed E-state index contributed by atoms with van der Waals surface area (Å²) in [5.74, 6) is -0.704. The van der Waals surface area contributed by atoms with Crippen LogP contribution in [-0.4, -0.2) is 11.1 Å². The van der Waals surface area contributed by atoms with Crippen molar-refractivity contribution in [2.24, 2.45) is 5.41 Å². The lowest BCUT2D eigenvalue weighted by Gasteiger charge is -2.18. The molecule has 1 saturated carbocycles. The molecule has 0 spiro atoms. The van der Waals surface area contributed by atoms with Gasteiger partial charge in [-0.2, -0.15) is 0 Å². The Labute approximate surface area is 89.9 Å². The summed E-state index contributed by atoms with van der Waals surface area (Å²) in [5.41, 5.74) is 1.14. The summed E-state index contributed by atoms with van der Waals surface area (Å²) in [6.07, 6.45) is 1.21. The van der Waals surface area contributed by atoms with E-state index in [-0.39, 0.29) is 17.3 Å². The molecule has 1 atom stereocenters. The molecule has 1 unspecified atom stereocenters. The van der Waals surface area contributed by atoms with Crippen LogP contribution >= 0.6 is 0 Å². The van der Waals surface area contributed by atoms with Crippen LogP contribution in [0.25, 0.3) is 0 Å². The second-order valence-electron chi connectivity index (χ2n) is 5.08. The van der Waals surface area contributed by atoms with E-state index in [1.807, 2.05) is 30.3 Å². The lowest BCUT2D eigenvalue weighted by molar-refractivity contribution is -0.137. The van der Waals surface area contributed by atoms with Crippen LogP contribution in [0.1, 0.15) is 32.3 Å². The molecule has 0 aliphatic heterocycles. The van der Waals surface area contributed by atoms with Crippen LogP contribution in [0.3, 0.4) is 0 Å². The standard InChI is InChI=1S/C13H16O2/c1-12(2)9-13(12,8-11(14)15)10-6-4-3-5-7-10/h3-7H,8-9H2,1-2H3,(H,14,15). The van der Waals surface area contributed by atoms with Crippen LogP contribution in [0.2, 0.25) is 0 Å². The van der Waals surface area contributed by atoms with Gasteiger partial charge in [0.05, 0.1) is 6.42 Å². The van der Waals surface area contributed by atoms with E-state index in [0.29, 0.717) is 0 Å². The van der Waals surface area contributed by atoms with Gasteiger partial charge in [-0.15, -0.1) is 0 Å². The summed E-state index contributed by atoms with van der Waals surface area (Å²) in [5, 5.41) is 8.98. The zero-order valence-corrected chi connectivity index (χ0v) is 9.16. The molecule has 0 radical (unpaired) electrons. The van der Waals surface area contributed by atoms with Crippen molar-refractivity contribution in [3.8, 4) is 0 Å². The summed E-state index contributed by atoms with van der Waals surface area (Å²) >= 11 is 0. The number of carboxylic acid groups (broad SMARTS) is 1. The third-order valence-electron chi connectivity index (χ3n) is 3.69. The van der Waals surface area contributed by atoms with Crippen molar-refractivity contribution in [3.05, 3.63) is 35.9 Å². The number of hydrogen-bond donors (Lipinski definition) is 1. The number of rotatable bonds is 3. The second-order valence-corrected chi connectivity index (χ2v) is 5.08. The smallest absolute Gasteiger partial charge is 0.304 e. The summed E-state index contributed by atoms with van der Waals surface area (Å²) < 4.78 is 0. The topological polar surface area (TPSA) is 37.3 Å². The lowest BCUT2D eigenvalue weighted by Crippen LogP contribution is -2.19. The monoisotopic (exact) mass is 204 g/mol. The first-order chi connectivity index (χ1) is 6.98. The summed E-state index contributed by atoms with van der Waals surface area (Å²) in [6, 6.07) is 10.0. The highest BCUT2D eigenvalue weighted by molar-refractivity contribution is 5.70. The predicted octanol–water partition coefficient (Wildman–Crippen LogP) is 2.83. The van der Waals surface area contributed by atoms with Gasteiger partial charge in [0.25, 0.3) is 0 Å². The first kappa shape index (κ1) is 10.2. The van der Waals surface area contributed by atoms with E-state index in [1.165, 1.54) is 0 Å². The highest BCUT2D eigenvalue weighted by atomic mass is 16.4. The number of aliphatic carboxylic acids is 1.